The van der Waals surface area contributed by atoms with Gasteiger partial charge < -0.3 is 15.8 Å². The van der Waals surface area contributed by atoms with Crippen LogP contribution in [-0.2, 0) is 21.1 Å². The Morgan fingerprint density at radius 1 is 1.30 bits per heavy atom. The molecule has 154 valence electrons. The Kier molecular flexibility index (Phi) is 9.05. The second-order valence-corrected chi connectivity index (χ2v) is 6.99. The minimum Gasteiger partial charge on any atom is -0.380 e. The number of alkyl halides is 3. The van der Waals surface area contributed by atoms with Crippen LogP contribution in [0.1, 0.15) is 49.7 Å². The summed E-state index contributed by atoms with van der Waals surface area (Å²) >= 11 is 0. The van der Waals surface area contributed by atoms with Gasteiger partial charge in [0.05, 0.1) is 18.1 Å². The van der Waals surface area contributed by atoms with E-state index in [9.17, 15) is 18.0 Å². The minimum absolute atomic E-state index is 0. The van der Waals surface area contributed by atoms with Crippen molar-refractivity contribution in [1.29, 1.82) is 0 Å². The van der Waals surface area contributed by atoms with E-state index in [-0.39, 0.29) is 37.4 Å². The number of carbonyl (C=O) groups is 1. The average molecular weight is 409 g/mol. The number of ether oxygens (including phenoxy) is 1. The third-order valence-electron chi connectivity index (χ3n) is 5.25. The van der Waals surface area contributed by atoms with E-state index >= 15 is 0 Å². The molecule has 1 aromatic rings. The Hall–Kier alpha value is -1.31. The quantitative estimate of drug-likeness (QED) is 0.721. The number of nitrogens with two attached hydrogens (primary N) is 1. The monoisotopic (exact) mass is 408 g/mol. The van der Waals surface area contributed by atoms with Gasteiger partial charge in [0, 0.05) is 25.6 Å². The van der Waals surface area contributed by atoms with E-state index in [4.69, 9.17) is 10.5 Å². The lowest BCUT2D eigenvalue weighted by atomic mass is 9.69. The molecular weight excluding hydrogens is 381 g/mol. The molecule has 0 aromatic heterocycles. The van der Waals surface area contributed by atoms with Crippen LogP contribution in [0.5, 0.6) is 0 Å². The van der Waals surface area contributed by atoms with Gasteiger partial charge in [-0.2, -0.15) is 13.2 Å². The Bertz CT molecular complexity index is 601. The third kappa shape index (κ3) is 6.36. The van der Waals surface area contributed by atoms with Crippen molar-refractivity contribution < 1.29 is 22.7 Å². The van der Waals surface area contributed by atoms with Crippen LogP contribution in [0.3, 0.4) is 0 Å². The molecular formula is C19H28ClF3N2O2. The Morgan fingerprint density at radius 3 is 2.52 bits per heavy atom. The highest BCUT2D eigenvalue weighted by atomic mass is 35.5. The molecule has 0 heterocycles. The van der Waals surface area contributed by atoms with Crippen LogP contribution < -0.4 is 11.1 Å². The van der Waals surface area contributed by atoms with Crippen LogP contribution in [-0.4, -0.2) is 32.2 Å². The number of hydrogen-bond donors (Lipinski definition) is 2. The van der Waals surface area contributed by atoms with Crippen LogP contribution >= 0.6 is 12.4 Å². The van der Waals surface area contributed by atoms with Crippen LogP contribution in [0.15, 0.2) is 24.3 Å². The summed E-state index contributed by atoms with van der Waals surface area (Å²) < 4.78 is 44.4. The van der Waals surface area contributed by atoms with Gasteiger partial charge in [0.2, 0.25) is 5.91 Å². The lowest BCUT2D eigenvalue weighted by Crippen LogP contribution is -2.43. The SMILES string of the molecule is COC(CN)CC(=O)NCC1(c2cccc(C(F)(F)F)c2)CCCCC1.Cl. The first-order chi connectivity index (χ1) is 12.3. The van der Waals surface area contributed by atoms with Crippen LogP contribution in [0.4, 0.5) is 13.2 Å². The van der Waals surface area contributed by atoms with E-state index in [0.29, 0.717) is 12.1 Å². The molecule has 0 aliphatic heterocycles. The van der Waals surface area contributed by atoms with Crippen molar-refractivity contribution in [3.05, 3.63) is 35.4 Å². The molecule has 0 spiro atoms. The predicted octanol–water partition coefficient (Wildman–Crippen LogP) is 3.81. The molecule has 0 saturated heterocycles. The molecule has 8 heteroatoms. The molecule has 1 atom stereocenters. The highest BCUT2D eigenvalue weighted by molar-refractivity contribution is 5.85. The van der Waals surface area contributed by atoms with Gasteiger partial charge in [0.1, 0.15) is 0 Å². The van der Waals surface area contributed by atoms with E-state index in [2.05, 4.69) is 5.32 Å². The van der Waals surface area contributed by atoms with Crippen molar-refractivity contribution in [2.45, 2.75) is 56.2 Å². The molecule has 0 radical (unpaired) electrons. The van der Waals surface area contributed by atoms with Gasteiger partial charge >= 0.3 is 6.18 Å². The largest absolute Gasteiger partial charge is 0.416 e. The summed E-state index contributed by atoms with van der Waals surface area (Å²) in [5, 5.41) is 2.89. The number of benzene rings is 1. The maximum absolute atomic E-state index is 13.1. The molecule has 3 N–H and O–H groups in total. The summed E-state index contributed by atoms with van der Waals surface area (Å²) in [5.74, 6) is -0.195. The number of nitrogens with one attached hydrogen (secondary N) is 1. The molecule has 1 amide bonds. The van der Waals surface area contributed by atoms with Crippen molar-refractivity contribution in [2.24, 2.45) is 5.73 Å². The van der Waals surface area contributed by atoms with Gasteiger partial charge in [-0.25, -0.2) is 0 Å². The van der Waals surface area contributed by atoms with Gasteiger partial charge in [0.15, 0.2) is 0 Å². The summed E-state index contributed by atoms with van der Waals surface area (Å²) in [6.07, 6.45) is -0.115. The molecule has 1 aliphatic rings. The molecule has 2 rings (SSSR count). The van der Waals surface area contributed by atoms with Gasteiger partial charge in [-0.05, 0) is 24.5 Å². The summed E-state index contributed by atoms with van der Waals surface area (Å²) in [6.45, 7) is 0.566. The summed E-state index contributed by atoms with van der Waals surface area (Å²) in [4.78, 5) is 12.2. The zero-order valence-corrected chi connectivity index (χ0v) is 16.3. The van der Waals surface area contributed by atoms with E-state index < -0.39 is 17.2 Å². The van der Waals surface area contributed by atoms with E-state index in [1.807, 2.05) is 0 Å². The van der Waals surface area contributed by atoms with Crippen LogP contribution in [0.2, 0.25) is 0 Å². The Balaban J connectivity index is 0.00000364. The topological polar surface area (TPSA) is 64.3 Å². The molecule has 27 heavy (non-hydrogen) atoms. The number of methoxy groups -OCH3 is 1. The Morgan fingerprint density at radius 2 is 1.96 bits per heavy atom. The number of rotatable bonds is 7. The number of amides is 1. The first kappa shape index (κ1) is 23.7. The second-order valence-electron chi connectivity index (χ2n) is 6.99. The van der Waals surface area contributed by atoms with Crippen LogP contribution in [0.25, 0.3) is 0 Å². The van der Waals surface area contributed by atoms with Crippen molar-refractivity contribution >= 4 is 18.3 Å². The average Bonchev–Trinajstić information content (AvgIpc) is 2.64. The minimum atomic E-state index is -4.37. The highest BCUT2D eigenvalue weighted by Gasteiger charge is 2.37. The highest BCUT2D eigenvalue weighted by Crippen LogP contribution is 2.41. The van der Waals surface area contributed by atoms with Crippen molar-refractivity contribution in [3.63, 3.8) is 0 Å². The molecule has 1 fully saturated rings. The lowest BCUT2D eigenvalue weighted by Gasteiger charge is -2.38. The van der Waals surface area contributed by atoms with Crippen molar-refractivity contribution in [3.8, 4) is 0 Å². The zero-order chi connectivity index (χ0) is 19.2. The summed E-state index contributed by atoms with van der Waals surface area (Å²) in [5.41, 5.74) is 5.08. The van der Waals surface area contributed by atoms with Gasteiger partial charge in [-0.15, -0.1) is 12.4 Å². The smallest absolute Gasteiger partial charge is 0.380 e. The zero-order valence-electron chi connectivity index (χ0n) is 15.5. The molecule has 1 aromatic carbocycles. The van der Waals surface area contributed by atoms with Gasteiger partial charge in [-0.1, -0.05) is 37.5 Å². The molecule has 1 saturated carbocycles. The van der Waals surface area contributed by atoms with Crippen LogP contribution in [0, 0.1) is 0 Å². The fraction of sp³-hybridized carbons (Fsp3) is 0.632. The van der Waals surface area contributed by atoms with E-state index in [0.717, 1.165) is 38.2 Å². The molecule has 0 bridgehead atoms. The predicted molar refractivity (Wildman–Crippen MR) is 101 cm³/mol. The lowest BCUT2D eigenvalue weighted by molar-refractivity contribution is -0.137. The van der Waals surface area contributed by atoms with Gasteiger partial charge in [0.25, 0.3) is 0 Å². The third-order valence-corrected chi connectivity index (χ3v) is 5.25. The number of halogens is 4. The van der Waals surface area contributed by atoms with Gasteiger partial charge in [-0.3, -0.25) is 4.79 Å². The molecule has 1 aliphatic carbocycles. The fourth-order valence-electron chi connectivity index (χ4n) is 3.63. The number of carbonyl (C=O) groups excluding carboxylic acids is 1. The van der Waals surface area contributed by atoms with Crippen molar-refractivity contribution in [2.75, 3.05) is 20.2 Å². The van der Waals surface area contributed by atoms with E-state index in [1.54, 1.807) is 6.07 Å². The van der Waals surface area contributed by atoms with Crippen molar-refractivity contribution in [1.82, 2.24) is 5.32 Å². The summed E-state index contributed by atoms with van der Waals surface area (Å²) in [7, 11) is 1.50. The molecule has 4 nitrogen and oxygen atoms in total. The normalized spacial score (nSPS) is 17.7. The Labute approximate surface area is 164 Å². The second kappa shape index (κ2) is 10.3. The first-order valence-corrected chi connectivity index (χ1v) is 8.98. The maximum Gasteiger partial charge on any atom is 0.416 e. The molecule has 1 unspecified atom stereocenters. The fourth-order valence-corrected chi connectivity index (χ4v) is 3.63. The summed E-state index contributed by atoms with van der Waals surface area (Å²) in [6, 6.07) is 5.51. The maximum atomic E-state index is 13.1. The standard InChI is InChI=1S/C19H27F3N2O2.ClH/c1-26-16(12-23)11-17(25)24-13-18(8-3-2-4-9-18)14-6-5-7-15(10-14)19(20,21)22;/h5-7,10,16H,2-4,8-9,11-13,23H2,1H3,(H,24,25);1H. The van der Waals surface area contributed by atoms with E-state index in [1.165, 1.54) is 19.2 Å². The first-order valence-electron chi connectivity index (χ1n) is 8.98. The number of hydrogen-bond acceptors (Lipinski definition) is 3.